The maximum atomic E-state index is 12.8. The summed E-state index contributed by atoms with van der Waals surface area (Å²) in [4.78, 5) is 25.0. The van der Waals surface area contributed by atoms with Crippen LogP contribution in [0.25, 0.3) is 0 Å². The zero-order valence-electron chi connectivity index (χ0n) is 14.4. The molecule has 0 bridgehead atoms. The molecule has 8 heteroatoms. The van der Waals surface area contributed by atoms with Crippen LogP contribution in [0.15, 0.2) is 40.3 Å². The first kappa shape index (κ1) is 17.4. The van der Waals surface area contributed by atoms with Crippen molar-refractivity contribution in [3.63, 3.8) is 0 Å². The van der Waals surface area contributed by atoms with Gasteiger partial charge in [0.1, 0.15) is 5.25 Å². The molecule has 1 saturated carbocycles. The van der Waals surface area contributed by atoms with Crippen molar-refractivity contribution in [2.45, 2.75) is 54.8 Å². The number of nitrogens with zero attached hydrogens (tertiary/aromatic N) is 2. The Labute approximate surface area is 155 Å². The molecule has 1 aliphatic carbocycles. The fourth-order valence-electron chi connectivity index (χ4n) is 3.06. The Hall–Kier alpha value is -2.06. The van der Waals surface area contributed by atoms with Crippen molar-refractivity contribution >= 4 is 17.7 Å². The van der Waals surface area contributed by atoms with E-state index >= 15 is 0 Å². The maximum absolute atomic E-state index is 12.8. The number of aromatic nitrogens is 3. The van der Waals surface area contributed by atoms with Crippen LogP contribution >= 0.6 is 11.8 Å². The molecule has 1 aromatic heterocycles. The van der Waals surface area contributed by atoms with Gasteiger partial charge in [-0.05, 0) is 31.2 Å². The summed E-state index contributed by atoms with van der Waals surface area (Å²) < 4.78 is 7.23. The predicted molar refractivity (Wildman–Crippen MR) is 98.0 cm³/mol. The third-order valence-electron chi connectivity index (χ3n) is 4.62. The molecule has 2 aromatic rings. The lowest BCUT2D eigenvalue weighted by atomic mass is 10.1. The molecule has 1 aliphatic heterocycles. The summed E-state index contributed by atoms with van der Waals surface area (Å²) in [6.45, 7) is 1.19. The number of rotatable bonds is 7. The second kappa shape index (κ2) is 7.67. The summed E-state index contributed by atoms with van der Waals surface area (Å²) in [5, 5.41) is 9.79. The Balaban J connectivity index is 1.57. The molecule has 26 heavy (non-hydrogen) atoms. The smallest absolute Gasteiger partial charge is 0.344 e. The van der Waals surface area contributed by atoms with E-state index < -0.39 is 5.25 Å². The zero-order valence-corrected chi connectivity index (χ0v) is 15.2. The highest BCUT2D eigenvalue weighted by molar-refractivity contribution is 8.00. The van der Waals surface area contributed by atoms with Crippen molar-refractivity contribution in [3.8, 4) is 0 Å². The minimum absolute atomic E-state index is 0.0279. The van der Waals surface area contributed by atoms with E-state index in [1.165, 1.54) is 11.8 Å². The second-order valence-corrected chi connectivity index (χ2v) is 7.82. The average Bonchev–Trinajstić information content (AvgIpc) is 3.19. The third-order valence-corrected chi connectivity index (χ3v) is 5.87. The van der Waals surface area contributed by atoms with Crippen LogP contribution in [-0.4, -0.2) is 39.4 Å². The molecule has 1 saturated heterocycles. The normalized spacial score (nSPS) is 20.8. The van der Waals surface area contributed by atoms with Crippen LogP contribution in [0.5, 0.6) is 0 Å². The van der Waals surface area contributed by atoms with E-state index in [2.05, 4.69) is 15.5 Å². The van der Waals surface area contributed by atoms with Gasteiger partial charge in [0.05, 0.1) is 12.6 Å². The number of hydrogen-bond donors (Lipinski definition) is 2. The first-order valence-electron chi connectivity index (χ1n) is 8.99. The fourth-order valence-corrected chi connectivity index (χ4v) is 4.12. The molecule has 0 radical (unpaired) electrons. The largest absolute Gasteiger partial charge is 0.376 e. The van der Waals surface area contributed by atoms with E-state index in [1.54, 1.807) is 4.57 Å². The van der Waals surface area contributed by atoms with Crippen molar-refractivity contribution in [2.75, 3.05) is 6.61 Å². The van der Waals surface area contributed by atoms with Crippen molar-refractivity contribution in [2.24, 2.45) is 0 Å². The van der Waals surface area contributed by atoms with Gasteiger partial charge in [0.15, 0.2) is 5.16 Å². The van der Waals surface area contributed by atoms with E-state index in [0.717, 1.165) is 37.9 Å². The van der Waals surface area contributed by atoms with Gasteiger partial charge in [0.25, 0.3) is 0 Å². The Kier molecular flexibility index (Phi) is 5.12. The monoisotopic (exact) mass is 374 g/mol. The van der Waals surface area contributed by atoms with Gasteiger partial charge in [0.2, 0.25) is 5.91 Å². The molecule has 1 aromatic carbocycles. The van der Waals surface area contributed by atoms with Crippen LogP contribution in [0.1, 0.15) is 36.5 Å². The van der Waals surface area contributed by atoms with Gasteiger partial charge in [-0.1, -0.05) is 42.1 Å². The number of nitrogens with one attached hydrogen (secondary N) is 2. The molecular formula is C18H22N4O3S. The highest BCUT2D eigenvalue weighted by Crippen LogP contribution is 2.35. The number of ether oxygens (including phenoxy) is 1. The summed E-state index contributed by atoms with van der Waals surface area (Å²) in [6, 6.07) is 9.89. The molecular weight excluding hydrogens is 352 g/mol. The molecule has 0 spiro atoms. The Morgan fingerprint density at radius 2 is 2.15 bits per heavy atom. The van der Waals surface area contributed by atoms with Gasteiger partial charge >= 0.3 is 5.69 Å². The zero-order chi connectivity index (χ0) is 17.9. The van der Waals surface area contributed by atoms with Crippen LogP contribution in [0.4, 0.5) is 0 Å². The van der Waals surface area contributed by atoms with Crippen LogP contribution in [0.2, 0.25) is 0 Å². The van der Waals surface area contributed by atoms with E-state index in [0.29, 0.717) is 11.7 Å². The van der Waals surface area contributed by atoms with E-state index in [4.69, 9.17) is 4.74 Å². The summed E-state index contributed by atoms with van der Waals surface area (Å²) in [7, 11) is 0. The molecule has 1 amide bonds. The number of hydrogen-bond acceptors (Lipinski definition) is 5. The number of carbonyl (C=O) groups is 1. The van der Waals surface area contributed by atoms with E-state index in [9.17, 15) is 9.59 Å². The lowest BCUT2D eigenvalue weighted by Gasteiger charge is -2.17. The SMILES string of the molecule is O=C(NC1CC1)[C@@H](Sc1n[nH]c(=O)n1C[C@@H]1CCCO1)c1ccccc1. The standard InChI is InChI=1S/C18H22N4O3S/c23-16(19-13-8-9-13)15(12-5-2-1-3-6-12)26-18-21-20-17(24)22(18)11-14-7-4-10-25-14/h1-3,5-6,13-15H,4,7-11H2,(H,19,23)(H,20,24)/t14-,15-/m0/s1. The minimum atomic E-state index is -0.449. The fraction of sp³-hybridized carbons (Fsp3) is 0.500. The molecule has 2 fully saturated rings. The molecule has 2 heterocycles. The van der Waals surface area contributed by atoms with Gasteiger partial charge in [-0.3, -0.25) is 9.36 Å². The molecule has 138 valence electrons. The van der Waals surface area contributed by atoms with Gasteiger partial charge in [-0.2, -0.15) is 0 Å². The molecule has 2 N–H and O–H groups in total. The number of H-pyrrole nitrogens is 1. The Morgan fingerprint density at radius 1 is 1.35 bits per heavy atom. The van der Waals surface area contributed by atoms with Gasteiger partial charge in [-0.25, -0.2) is 9.89 Å². The van der Waals surface area contributed by atoms with Gasteiger partial charge in [0, 0.05) is 12.6 Å². The van der Waals surface area contributed by atoms with Crippen LogP contribution in [0, 0.1) is 0 Å². The Bertz CT molecular complexity index is 809. The lowest BCUT2D eigenvalue weighted by molar-refractivity contribution is -0.120. The van der Waals surface area contributed by atoms with Gasteiger partial charge < -0.3 is 10.1 Å². The summed E-state index contributed by atoms with van der Waals surface area (Å²) in [5.74, 6) is -0.0391. The van der Waals surface area contributed by atoms with Crippen molar-refractivity contribution < 1.29 is 9.53 Å². The van der Waals surface area contributed by atoms with Crippen molar-refractivity contribution in [1.82, 2.24) is 20.1 Å². The topological polar surface area (TPSA) is 89.0 Å². The number of benzene rings is 1. The van der Waals surface area contributed by atoms with Crippen LogP contribution < -0.4 is 11.0 Å². The maximum Gasteiger partial charge on any atom is 0.344 e. The molecule has 4 rings (SSSR count). The second-order valence-electron chi connectivity index (χ2n) is 6.75. The minimum Gasteiger partial charge on any atom is -0.376 e. The Morgan fingerprint density at radius 3 is 2.85 bits per heavy atom. The lowest BCUT2D eigenvalue weighted by Crippen LogP contribution is -2.30. The summed E-state index contributed by atoms with van der Waals surface area (Å²) in [6.07, 6.45) is 4.04. The number of amides is 1. The van der Waals surface area contributed by atoms with Crippen molar-refractivity contribution in [1.29, 1.82) is 0 Å². The quantitative estimate of drug-likeness (QED) is 0.722. The highest BCUT2D eigenvalue weighted by atomic mass is 32.2. The molecule has 2 aliphatic rings. The van der Waals surface area contributed by atoms with Crippen LogP contribution in [-0.2, 0) is 16.1 Å². The first-order valence-corrected chi connectivity index (χ1v) is 9.87. The summed E-state index contributed by atoms with van der Waals surface area (Å²) in [5.41, 5.74) is 0.632. The predicted octanol–water partition coefficient (Wildman–Crippen LogP) is 1.86. The first-order chi connectivity index (χ1) is 12.7. The molecule has 7 nitrogen and oxygen atoms in total. The van der Waals surface area contributed by atoms with E-state index in [-0.39, 0.29) is 23.7 Å². The van der Waals surface area contributed by atoms with Crippen molar-refractivity contribution in [3.05, 3.63) is 46.4 Å². The highest BCUT2D eigenvalue weighted by Gasteiger charge is 2.31. The van der Waals surface area contributed by atoms with E-state index in [1.807, 2.05) is 30.3 Å². The number of thioether (sulfide) groups is 1. The third kappa shape index (κ3) is 4.02. The number of aromatic amines is 1. The number of carbonyl (C=O) groups excluding carboxylic acids is 1. The summed E-state index contributed by atoms with van der Waals surface area (Å²) >= 11 is 1.30. The molecule has 0 unspecified atom stereocenters. The van der Waals surface area contributed by atoms with Crippen LogP contribution in [0.3, 0.4) is 0 Å². The average molecular weight is 374 g/mol. The molecule has 2 atom stereocenters. The van der Waals surface area contributed by atoms with Gasteiger partial charge in [-0.15, -0.1) is 5.10 Å².